The number of nitrogens with zero attached hydrogens (tertiary/aromatic N) is 2. The molecular formula is C22H29N3O2. The first kappa shape index (κ1) is 18.2. The maximum Gasteiger partial charge on any atom is 0.254 e. The molecule has 0 unspecified atom stereocenters. The summed E-state index contributed by atoms with van der Waals surface area (Å²) in [5, 5.41) is 0. The molecule has 0 atom stereocenters. The predicted octanol–water partition coefficient (Wildman–Crippen LogP) is 3.77. The number of ether oxygens (including phenoxy) is 1. The van der Waals surface area contributed by atoms with Gasteiger partial charge in [0.1, 0.15) is 11.6 Å². The van der Waals surface area contributed by atoms with E-state index in [0.717, 1.165) is 61.7 Å². The smallest absolute Gasteiger partial charge is 0.254 e. The van der Waals surface area contributed by atoms with E-state index in [1.165, 1.54) is 24.8 Å². The van der Waals surface area contributed by atoms with Crippen LogP contribution < -0.4 is 10.3 Å². The van der Waals surface area contributed by atoms with Gasteiger partial charge in [0.2, 0.25) is 0 Å². The molecule has 1 aliphatic heterocycles. The summed E-state index contributed by atoms with van der Waals surface area (Å²) in [4.78, 5) is 23.0. The average Bonchev–Trinajstić information content (AvgIpc) is 2.69. The predicted molar refractivity (Wildman–Crippen MR) is 106 cm³/mol. The molecule has 1 aliphatic carbocycles. The van der Waals surface area contributed by atoms with Crippen LogP contribution in [0.25, 0.3) is 0 Å². The molecule has 1 N–H and O–H groups in total. The van der Waals surface area contributed by atoms with Gasteiger partial charge in [-0.3, -0.25) is 9.69 Å². The number of hydrogen-bond donors (Lipinski definition) is 1. The minimum atomic E-state index is 0.0820. The van der Waals surface area contributed by atoms with Crippen molar-refractivity contribution in [1.82, 2.24) is 14.9 Å². The molecule has 1 aromatic heterocycles. The SMILES string of the molecule is CCOc1cccc(CN2CCc3c(nc(C4CCCCC4)[nH]c3=O)C2)c1. The molecular weight excluding hydrogens is 338 g/mol. The van der Waals surface area contributed by atoms with E-state index in [1.807, 2.05) is 19.1 Å². The number of benzene rings is 1. The Bertz CT molecular complexity index is 840. The Labute approximate surface area is 160 Å². The Balaban J connectivity index is 1.51. The third-order valence-electron chi connectivity index (χ3n) is 5.78. The summed E-state index contributed by atoms with van der Waals surface area (Å²) in [7, 11) is 0. The van der Waals surface area contributed by atoms with Gasteiger partial charge in [-0.05, 0) is 43.9 Å². The van der Waals surface area contributed by atoms with Crippen molar-refractivity contribution in [3.63, 3.8) is 0 Å². The maximum absolute atomic E-state index is 12.6. The van der Waals surface area contributed by atoms with E-state index < -0.39 is 0 Å². The number of fused-ring (bicyclic) bond motifs is 1. The van der Waals surface area contributed by atoms with Crippen molar-refractivity contribution in [3.8, 4) is 5.75 Å². The Morgan fingerprint density at radius 1 is 1.26 bits per heavy atom. The van der Waals surface area contributed by atoms with Gasteiger partial charge in [-0.15, -0.1) is 0 Å². The van der Waals surface area contributed by atoms with E-state index in [1.54, 1.807) is 0 Å². The summed E-state index contributed by atoms with van der Waals surface area (Å²) < 4.78 is 5.61. The lowest BCUT2D eigenvalue weighted by Gasteiger charge is -2.29. The van der Waals surface area contributed by atoms with E-state index in [4.69, 9.17) is 9.72 Å². The summed E-state index contributed by atoms with van der Waals surface area (Å²) >= 11 is 0. The average molecular weight is 367 g/mol. The minimum absolute atomic E-state index is 0.0820. The van der Waals surface area contributed by atoms with E-state index >= 15 is 0 Å². The van der Waals surface area contributed by atoms with Crippen molar-refractivity contribution >= 4 is 0 Å². The van der Waals surface area contributed by atoms with Crippen LogP contribution in [-0.2, 0) is 19.5 Å². The van der Waals surface area contributed by atoms with Crippen LogP contribution in [0.3, 0.4) is 0 Å². The molecule has 1 saturated carbocycles. The van der Waals surface area contributed by atoms with Gasteiger partial charge in [0.05, 0.1) is 12.3 Å². The van der Waals surface area contributed by atoms with Crippen LogP contribution in [0, 0.1) is 0 Å². The highest BCUT2D eigenvalue weighted by Gasteiger charge is 2.24. The molecule has 27 heavy (non-hydrogen) atoms. The Kier molecular flexibility index (Phi) is 5.58. The highest BCUT2D eigenvalue weighted by Crippen LogP contribution is 2.31. The molecule has 5 heteroatoms. The third-order valence-corrected chi connectivity index (χ3v) is 5.78. The van der Waals surface area contributed by atoms with Crippen molar-refractivity contribution < 1.29 is 4.74 Å². The van der Waals surface area contributed by atoms with Crippen LogP contribution in [0.2, 0.25) is 0 Å². The van der Waals surface area contributed by atoms with Gasteiger partial charge in [0, 0.05) is 31.1 Å². The second-order valence-electron chi connectivity index (χ2n) is 7.75. The van der Waals surface area contributed by atoms with Gasteiger partial charge in [0.15, 0.2) is 0 Å². The highest BCUT2D eigenvalue weighted by atomic mass is 16.5. The van der Waals surface area contributed by atoms with Gasteiger partial charge >= 0.3 is 0 Å². The molecule has 0 amide bonds. The first-order valence-electron chi connectivity index (χ1n) is 10.3. The van der Waals surface area contributed by atoms with Crippen molar-refractivity contribution in [2.24, 2.45) is 0 Å². The van der Waals surface area contributed by atoms with E-state index in [0.29, 0.717) is 12.5 Å². The van der Waals surface area contributed by atoms with Crippen LogP contribution in [-0.4, -0.2) is 28.0 Å². The van der Waals surface area contributed by atoms with Gasteiger partial charge in [-0.25, -0.2) is 4.98 Å². The molecule has 0 spiro atoms. The minimum Gasteiger partial charge on any atom is -0.494 e. The molecule has 144 valence electrons. The zero-order valence-electron chi connectivity index (χ0n) is 16.2. The number of H-pyrrole nitrogens is 1. The molecule has 1 fully saturated rings. The van der Waals surface area contributed by atoms with Gasteiger partial charge in [-0.2, -0.15) is 0 Å². The van der Waals surface area contributed by atoms with Crippen molar-refractivity contribution in [2.75, 3.05) is 13.2 Å². The summed E-state index contributed by atoms with van der Waals surface area (Å²) in [5.41, 5.74) is 3.18. The monoisotopic (exact) mass is 367 g/mol. The van der Waals surface area contributed by atoms with Crippen molar-refractivity contribution in [1.29, 1.82) is 0 Å². The Hall–Kier alpha value is -2.14. The number of hydrogen-bond acceptors (Lipinski definition) is 4. The van der Waals surface area contributed by atoms with Crippen LogP contribution in [0.4, 0.5) is 0 Å². The zero-order chi connectivity index (χ0) is 18.6. The normalized spacial score (nSPS) is 18.3. The van der Waals surface area contributed by atoms with Crippen LogP contribution in [0.5, 0.6) is 5.75 Å². The van der Waals surface area contributed by atoms with Crippen LogP contribution in [0.15, 0.2) is 29.1 Å². The molecule has 5 nitrogen and oxygen atoms in total. The summed E-state index contributed by atoms with van der Waals surface area (Å²) in [6.45, 7) is 5.17. The van der Waals surface area contributed by atoms with Crippen molar-refractivity contribution in [2.45, 2.75) is 64.5 Å². The Morgan fingerprint density at radius 3 is 2.93 bits per heavy atom. The summed E-state index contributed by atoms with van der Waals surface area (Å²) in [6, 6.07) is 8.28. The Morgan fingerprint density at radius 2 is 2.11 bits per heavy atom. The molecule has 2 aromatic rings. The molecule has 4 rings (SSSR count). The number of nitrogens with one attached hydrogen (secondary N) is 1. The van der Waals surface area contributed by atoms with Crippen LogP contribution in [0.1, 0.15) is 67.6 Å². The maximum atomic E-state index is 12.6. The van der Waals surface area contributed by atoms with Gasteiger partial charge in [-0.1, -0.05) is 31.4 Å². The standard InChI is InChI=1S/C22H29N3O2/c1-2-27-18-10-6-7-16(13-18)14-25-12-11-19-20(15-25)23-21(24-22(19)26)17-8-4-3-5-9-17/h6-7,10,13,17H,2-5,8-9,11-12,14-15H2,1H3,(H,23,24,26). The lowest BCUT2D eigenvalue weighted by molar-refractivity contribution is 0.239. The topological polar surface area (TPSA) is 58.2 Å². The second kappa shape index (κ2) is 8.26. The third kappa shape index (κ3) is 4.24. The molecule has 2 aliphatic rings. The van der Waals surface area contributed by atoms with E-state index in [2.05, 4.69) is 22.0 Å². The first-order valence-corrected chi connectivity index (χ1v) is 10.3. The van der Waals surface area contributed by atoms with Crippen molar-refractivity contribution in [3.05, 3.63) is 57.3 Å². The first-order chi connectivity index (χ1) is 13.2. The molecule has 0 saturated heterocycles. The quantitative estimate of drug-likeness (QED) is 0.874. The fraction of sp³-hybridized carbons (Fsp3) is 0.545. The number of aromatic nitrogens is 2. The molecule has 0 radical (unpaired) electrons. The summed E-state index contributed by atoms with van der Waals surface area (Å²) in [6.07, 6.45) is 6.86. The van der Waals surface area contributed by atoms with E-state index in [9.17, 15) is 4.79 Å². The number of rotatable bonds is 5. The zero-order valence-corrected chi connectivity index (χ0v) is 16.2. The molecule has 2 heterocycles. The lowest BCUT2D eigenvalue weighted by Crippen LogP contribution is -2.35. The van der Waals surface area contributed by atoms with Crippen LogP contribution >= 0.6 is 0 Å². The van der Waals surface area contributed by atoms with Gasteiger partial charge in [0.25, 0.3) is 5.56 Å². The lowest BCUT2D eigenvalue weighted by atomic mass is 9.88. The largest absolute Gasteiger partial charge is 0.494 e. The van der Waals surface area contributed by atoms with E-state index in [-0.39, 0.29) is 5.56 Å². The molecule has 1 aromatic carbocycles. The second-order valence-corrected chi connectivity index (χ2v) is 7.75. The fourth-order valence-electron chi connectivity index (χ4n) is 4.38. The molecule has 0 bridgehead atoms. The van der Waals surface area contributed by atoms with Gasteiger partial charge < -0.3 is 9.72 Å². The summed E-state index contributed by atoms with van der Waals surface area (Å²) in [5.74, 6) is 2.26. The highest BCUT2D eigenvalue weighted by molar-refractivity contribution is 5.29. The number of aromatic amines is 1. The fourth-order valence-corrected chi connectivity index (χ4v) is 4.38.